The van der Waals surface area contributed by atoms with Crippen LogP contribution in [0.1, 0.15) is 24.4 Å². The van der Waals surface area contributed by atoms with Gasteiger partial charge in [0.15, 0.2) is 5.82 Å². The van der Waals surface area contributed by atoms with Crippen molar-refractivity contribution >= 4 is 61.3 Å². The second kappa shape index (κ2) is 15.7. The summed E-state index contributed by atoms with van der Waals surface area (Å²) in [5.41, 5.74) is 2.85. The van der Waals surface area contributed by atoms with Gasteiger partial charge in [-0.15, -0.1) is 49.6 Å². The number of nitrogens with one attached hydrogen (secondary N) is 1. The van der Waals surface area contributed by atoms with Crippen molar-refractivity contribution in [3.63, 3.8) is 0 Å². The second-order valence-electron chi connectivity index (χ2n) is 9.92. The topological polar surface area (TPSA) is 69.5 Å². The normalized spacial score (nSPS) is 17.3. The third-order valence-electron chi connectivity index (χ3n) is 7.47. The van der Waals surface area contributed by atoms with E-state index in [-0.39, 0.29) is 66.8 Å². The summed E-state index contributed by atoms with van der Waals surface area (Å²) in [6.07, 6.45) is 5.01. The molecule has 1 aromatic carbocycles. The molecule has 2 fully saturated rings. The van der Waals surface area contributed by atoms with Crippen molar-refractivity contribution in [3.8, 4) is 11.3 Å². The Morgan fingerprint density at radius 3 is 2.27 bits per heavy atom. The lowest BCUT2D eigenvalue weighted by Gasteiger charge is -2.37. The third kappa shape index (κ3) is 7.78. The summed E-state index contributed by atoms with van der Waals surface area (Å²) in [5.74, 6) is 0.0500. The van der Waals surface area contributed by atoms with E-state index in [0.717, 1.165) is 25.8 Å². The molecular formula is C27H38Cl4FN7O. The van der Waals surface area contributed by atoms with E-state index >= 15 is 0 Å². The Balaban J connectivity index is 0.00000200. The van der Waals surface area contributed by atoms with Gasteiger partial charge in [0.1, 0.15) is 0 Å². The smallest absolute Gasteiger partial charge is 0.255 e. The average molecular weight is 637 g/mol. The maximum Gasteiger partial charge on any atom is 0.255 e. The maximum atomic E-state index is 14.3. The number of halogens is 5. The molecule has 0 bridgehead atoms. The number of benzene rings is 1. The number of piperidine rings is 1. The van der Waals surface area contributed by atoms with Gasteiger partial charge in [0.25, 0.3) is 5.56 Å². The number of hydrogen-bond donors (Lipinski definition) is 1. The molecule has 0 unspecified atom stereocenters. The Kier molecular flexibility index (Phi) is 14.1. The van der Waals surface area contributed by atoms with Crippen molar-refractivity contribution in [1.29, 1.82) is 0 Å². The van der Waals surface area contributed by atoms with Crippen LogP contribution in [0.25, 0.3) is 11.3 Å². The predicted octanol–water partition coefficient (Wildman–Crippen LogP) is 4.35. The van der Waals surface area contributed by atoms with Gasteiger partial charge in [-0.25, -0.2) is 9.37 Å². The van der Waals surface area contributed by atoms with Crippen LogP contribution >= 0.6 is 49.6 Å². The molecule has 13 heteroatoms. The number of pyridine rings is 1. The zero-order chi connectivity index (χ0) is 25.2. The van der Waals surface area contributed by atoms with Gasteiger partial charge in [0, 0.05) is 75.4 Å². The van der Waals surface area contributed by atoms with Crippen LogP contribution in [0.4, 0.5) is 16.0 Å². The zero-order valence-corrected chi connectivity index (χ0v) is 26.1. The highest BCUT2D eigenvalue weighted by Gasteiger charge is 2.25. The third-order valence-corrected chi connectivity index (χ3v) is 7.47. The first kappa shape index (κ1) is 35.9. The Labute approximate surface area is 260 Å². The quantitative estimate of drug-likeness (QED) is 0.447. The van der Waals surface area contributed by atoms with Crippen LogP contribution in [0.2, 0.25) is 0 Å². The summed E-state index contributed by atoms with van der Waals surface area (Å²) >= 11 is 0. The van der Waals surface area contributed by atoms with Gasteiger partial charge in [-0.3, -0.25) is 14.3 Å². The standard InChI is InChI=1S/C27H34FN7O.4ClH/c1-32(2)20-9-13-34(14-10-20)21-6-4-19(5-7-21)25-18-35(15-12-30-25)27-31-24(16-26(36)33(27)3)22-8-11-29-17-23(22)28;;;;/h4-8,11,16-17,20,25,30H,9-10,12-15,18H2,1-3H3;4*1H/t25-;;;;/m1..../s1. The van der Waals surface area contributed by atoms with Gasteiger partial charge >= 0.3 is 0 Å². The number of nitrogens with zero attached hydrogens (tertiary/aromatic N) is 6. The van der Waals surface area contributed by atoms with Gasteiger partial charge in [-0.2, -0.15) is 0 Å². The van der Waals surface area contributed by atoms with Crippen molar-refractivity contribution in [2.75, 3.05) is 56.6 Å². The van der Waals surface area contributed by atoms with E-state index in [2.05, 4.69) is 63.4 Å². The first-order chi connectivity index (χ1) is 17.4. The maximum absolute atomic E-state index is 14.3. The summed E-state index contributed by atoms with van der Waals surface area (Å²) in [4.78, 5) is 28.1. The van der Waals surface area contributed by atoms with Crippen LogP contribution in [0, 0.1) is 5.82 Å². The number of anilines is 2. The largest absolute Gasteiger partial charge is 0.371 e. The lowest BCUT2D eigenvalue weighted by Crippen LogP contribution is -2.47. The van der Waals surface area contributed by atoms with Crippen LogP contribution < -0.4 is 20.7 Å². The van der Waals surface area contributed by atoms with Crippen LogP contribution in [0.3, 0.4) is 0 Å². The van der Waals surface area contributed by atoms with Crippen molar-refractivity contribution in [2.45, 2.75) is 24.9 Å². The van der Waals surface area contributed by atoms with Gasteiger partial charge in [-0.1, -0.05) is 12.1 Å². The van der Waals surface area contributed by atoms with Gasteiger partial charge in [0.2, 0.25) is 5.95 Å². The van der Waals surface area contributed by atoms with Gasteiger partial charge in [0.05, 0.1) is 11.9 Å². The minimum atomic E-state index is -0.492. The van der Waals surface area contributed by atoms with Crippen molar-refractivity contribution in [3.05, 3.63) is 70.5 Å². The lowest BCUT2D eigenvalue weighted by molar-refractivity contribution is 0.249. The van der Waals surface area contributed by atoms with Crippen LogP contribution in [0.15, 0.2) is 53.6 Å². The van der Waals surface area contributed by atoms with Crippen LogP contribution in [-0.4, -0.2) is 72.3 Å². The zero-order valence-electron chi connectivity index (χ0n) is 22.8. The molecule has 0 amide bonds. The fourth-order valence-electron chi connectivity index (χ4n) is 5.24. The molecule has 5 rings (SSSR count). The Morgan fingerprint density at radius 2 is 1.65 bits per heavy atom. The van der Waals surface area contributed by atoms with Crippen LogP contribution in [-0.2, 0) is 7.05 Å². The summed E-state index contributed by atoms with van der Waals surface area (Å²) < 4.78 is 15.9. The fourth-order valence-corrected chi connectivity index (χ4v) is 5.24. The summed E-state index contributed by atoms with van der Waals surface area (Å²) in [7, 11) is 6.04. The molecule has 2 aromatic heterocycles. The first-order valence-corrected chi connectivity index (χ1v) is 12.6. The molecule has 2 aliphatic heterocycles. The molecule has 2 aliphatic rings. The SMILES string of the molecule is CN(C)C1CCN(c2ccc([C@H]3CN(c4nc(-c5ccncc5F)cc(=O)n4C)CCN3)cc2)CC1.Cl.Cl.Cl.Cl. The molecule has 4 heterocycles. The van der Waals surface area contributed by atoms with E-state index in [9.17, 15) is 9.18 Å². The van der Waals surface area contributed by atoms with E-state index in [1.807, 2.05) is 0 Å². The minimum Gasteiger partial charge on any atom is -0.371 e. The van der Waals surface area contributed by atoms with Gasteiger partial charge in [-0.05, 0) is 50.7 Å². The van der Waals surface area contributed by atoms with Crippen molar-refractivity contribution in [2.24, 2.45) is 7.05 Å². The Morgan fingerprint density at radius 1 is 0.975 bits per heavy atom. The highest BCUT2D eigenvalue weighted by Crippen LogP contribution is 2.27. The van der Waals surface area contributed by atoms with E-state index in [0.29, 0.717) is 30.8 Å². The molecular weight excluding hydrogens is 599 g/mol. The summed E-state index contributed by atoms with van der Waals surface area (Å²) in [6.45, 7) is 4.28. The number of hydrogen-bond acceptors (Lipinski definition) is 7. The number of piperazine rings is 1. The second-order valence-corrected chi connectivity index (χ2v) is 9.92. The highest BCUT2D eigenvalue weighted by atomic mass is 35.5. The molecule has 0 spiro atoms. The van der Waals surface area contributed by atoms with E-state index in [1.165, 1.54) is 40.9 Å². The molecule has 0 saturated carbocycles. The molecule has 222 valence electrons. The molecule has 3 aromatic rings. The van der Waals surface area contributed by atoms with E-state index < -0.39 is 5.82 Å². The number of aromatic nitrogens is 3. The summed E-state index contributed by atoms with van der Waals surface area (Å²) in [5, 5.41) is 3.60. The lowest BCUT2D eigenvalue weighted by atomic mass is 10.0. The summed E-state index contributed by atoms with van der Waals surface area (Å²) in [6, 6.07) is 12.5. The minimum absolute atomic E-state index is 0. The van der Waals surface area contributed by atoms with E-state index in [4.69, 9.17) is 4.98 Å². The highest BCUT2D eigenvalue weighted by molar-refractivity contribution is 5.86. The van der Waals surface area contributed by atoms with E-state index in [1.54, 1.807) is 13.1 Å². The molecule has 40 heavy (non-hydrogen) atoms. The van der Waals surface area contributed by atoms with Crippen LogP contribution in [0.5, 0.6) is 0 Å². The van der Waals surface area contributed by atoms with Gasteiger partial charge < -0.3 is 20.0 Å². The Hall–Kier alpha value is -2.14. The first-order valence-electron chi connectivity index (χ1n) is 12.6. The average Bonchev–Trinajstić information content (AvgIpc) is 2.91. The molecule has 8 nitrogen and oxygen atoms in total. The fraction of sp³-hybridized carbons (Fsp3) is 0.444. The predicted molar refractivity (Wildman–Crippen MR) is 170 cm³/mol. The molecule has 0 aliphatic carbocycles. The molecule has 1 atom stereocenters. The molecule has 1 N–H and O–H groups in total. The van der Waals surface area contributed by atoms with Crippen molar-refractivity contribution < 1.29 is 4.39 Å². The monoisotopic (exact) mass is 635 g/mol. The molecule has 0 radical (unpaired) electrons. The Bertz CT molecular complexity index is 1270. The number of rotatable bonds is 5. The van der Waals surface area contributed by atoms with Crippen molar-refractivity contribution in [1.82, 2.24) is 24.8 Å². The molecule has 2 saturated heterocycles.